The molecule has 0 aliphatic heterocycles. The van der Waals surface area contributed by atoms with Crippen molar-refractivity contribution in [2.75, 3.05) is 11.1 Å². The first-order valence-corrected chi connectivity index (χ1v) is 6.23. The number of aryl methyl sites for hydroxylation is 1. The van der Waals surface area contributed by atoms with E-state index in [1.807, 2.05) is 31.2 Å². The van der Waals surface area contributed by atoms with E-state index in [1.54, 1.807) is 0 Å². The van der Waals surface area contributed by atoms with Gasteiger partial charge in [0.1, 0.15) is 0 Å². The molecule has 0 aliphatic rings. The number of hydrogen-bond acceptors (Lipinski definition) is 2. The SMILES string of the molecule is CCc1ccc(Nc2ccc(N)c(C(F)(F)F)c2)cc1. The number of nitrogens with one attached hydrogen (secondary N) is 1. The van der Waals surface area contributed by atoms with E-state index in [4.69, 9.17) is 5.73 Å². The highest BCUT2D eigenvalue weighted by Crippen LogP contribution is 2.35. The highest BCUT2D eigenvalue weighted by Gasteiger charge is 2.33. The number of anilines is 3. The summed E-state index contributed by atoms with van der Waals surface area (Å²) in [6.07, 6.45) is -3.53. The molecule has 2 aromatic carbocycles. The maximum Gasteiger partial charge on any atom is 0.418 e. The van der Waals surface area contributed by atoms with Gasteiger partial charge in [-0.05, 0) is 42.3 Å². The van der Waals surface area contributed by atoms with Crippen LogP contribution < -0.4 is 11.1 Å². The smallest absolute Gasteiger partial charge is 0.398 e. The molecule has 3 N–H and O–H groups in total. The second-order valence-electron chi connectivity index (χ2n) is 4.48. The molecule has 0 radical (unpaired) electrons. The van der Waals surface area contributed by atoms with Crippen LogP contribution in [0.3, 0.4) is 0 Å². The lowest BCUT2D eigenvalue weighted by Gasteiger charge is -2.13. The van der Waals surface area contributed by atoms with Crippen LogP contribution in [0.2, 0.25) is 0 Å². The molecule has 5 heteroatoms. The van der Waals surface area contributed by atoms with Crippen LogP contribution in [0, 0.1) is 0 Å². The normalized spacial score (nSPS) is 11.4. The van der Waals surface area contributed by atoms with Crippen molar-refractivity contribution >= 4 is 17.1 Å². The molecule has 0 aromatic heterocycles. The van der Waals surface area contributed by atoms with Crippen LogP contribution in [-0.2, 0) is 12.6 Å². The predicted molar refractivity (Wildman–Crippen MR) is 75.0 cm³/mol. The van der Waals surface area contributed by atoms with Crippen molar-refractivity contribution in [1.82, 2.24) is 0 Å². The number of benzene rings is 2. The number of nitrogens with two attached hydrogens (primary N) is 1. The fourth-order valence-electron chi connectivity index (χ4n) is 1.87. The summed E-state index contributed by atoms with van der Waals surface area (Å²) in [5.41, 5.74) is 6.52. The molecule has 2 aromatic rings. The molecule has 0 aliphatic carbocycles. The zero-order chi connectivity index (χ0) is 14.8. The van der Waals surface area contributed by atoms with Gasteiger partial charge in [-0.3, -0.25) is 0 Å². The lowest BCUT2D eigenvalue weighted by atomic mass is 10.1. The summed E-state index contributed by atoms with van der Waals surface area (Å²) >= 11 is 0. The number of rotatable bonds is 3. The van der Waals surface area contributed by atoms with Gasteiger partial charge >= 0.3 is 6.18 Å². The summed E-state index contributed by atoms with van der Waals surface area (Å²) in [7, 11) is 0. The zero-order valence-corrected chi connectivity index (χ0v) is 11.0. The first kappa shape index (κ1) is 14.2. The standard InChI is InChI=1S/C15H15F3N2/c1-2-10-3-5-11(6-4-10)20-12-7-8-14(19)13(9-12)15(16,17)18/h3-9,20H,2,19H2,1H3. The fraction of sp³-hybridized carbons (Fsp3) is 0.200. The monoisotopic (exact) mass is 280 g/mol. The van der Waals surface area contributed by atoms with Crippen molar-refractivity contribution in [3.05, 3.63) is 53.6 Å². The lowest BCUT2D eigenvalue weighted by molar-refractivity contribution is -0.136. The van der Waals surface area contributed by atoms with Crippen molar-refractivity contribution < 1.29 is 13.2 Å². The van der Waals surface area contributed by atoms with Crippen molar-refractivity contribution in [1.29, 1.82) is 0 Å². The van der Waals surface area contributed by atoms with Crippen LogP contribution in [0.5, 0.6) is 0 Å². The van der Waals surface area contributed by atoms with Crippen LogP contribution in [0.1, 0.15) is 18.1 Å². The summed E-state index contributed by atoms with van der Waals surface area (Å²) in [4.78, 5) is 0. The minimum Gasteiger partial charge on any atom is -0.398 e. The third-order valence-electron chi connectivity index (χ3n) is 3.01. The van der Waals surface area contributed by atoms with E-state index in [9.17, 15) is 13.2 Å². The van der Waals surface area contributed by atoms with Crippen LogP contribution in [-0.4, -0.2) is 0 Å². The Morgan fingerprint density at radius 1 is 1.00 bits per heavy atom. The molecule has 0 saturated carbocycles. The minimum atomic E-state index is -4.45. The Morgan fingerprint density at radius 2 is 1.60 bits per heavy atom. The first-order chi connectivity index (χ1) is 9.40. The van der Waals surface area contributed by atoms with Crippen molar-refractivity contribution in [2.45, 2.75) is 19.5 Å². The van der Waals surface area contributed by atoms with Crippen LogP contribution in [0.15, 0.2) is 42.5 Å². The predicted octanol–water partition coefficient (Wildman–Crippen LogP) is 4.59. The largest absolute Gasteiger partial charge is 0.418 e. The minimum absolute atomic E-state index is 0.274. The van der Waals surface area contributed by atoms with Crippen molar-refractivity contribution in [3.8, 4) is 0 Å². The van der Waals surface area contributed by atoms with Crippen molar-refractivity contribution in [2.24, 2.45) is 0 Å². The van der Waals surface area contributed by atoms with E-state index in [-0.39, 0.29) is 5.69 Å². The van der Waals surface area contributed by atoms with E-state index >= 15 is 0 Å². The van der Waals surface area contributed by atoms with Crippen LogP contribution in [0.4, 0.5) is 30.2 Å². The Balaban J connectivity index is 2.25. The van der Waals surface area contributed by atoms with E-state index in [1.165, 1.54) is 17.7 Å². The van der Waals surface area contributed by atoms with E-state index in [0.29, 0.717) is 5.69 Å². The van der Waals surface area contributed by atoms with E-state index < -0.39 is 11.7 Å². The second kappa shape index (κ2) is 5.45. The Bertz CT molecular complexity index is 589. The third-order valence-corrected chi connectivity index (χ3v) is 3.01. The Hall–Kier alpha value is -2.17. The van der Waals surface area contributed by atoms with Gasteiger partial charge in [0.25, 0.3) is 0 Å². The van der Waals surface area contributed by atoms with Gasteiger partial charge in [-0.2, -0.15) is 13.2 Å². The summed E-state index contributed by atoms with van der Waals surface area (Å²) in [5.74, 6) is 0. The summed E-state index contributed by atoms with van der Waals surface area (Å²) in [6.45, 7) is 2.04. The van der Waals surface area contributed by atoms with Gasteiger partial charge in [-0.15, -0.1) is 0 Å². The topological polar surface area (TPSA) is 38.0 Å². The molecular formula is C15H15F3N2. The highest BCUT2D eigenvalue weighted by molar-refractivity contribution is 5.65. The Kier molecular flexibility index (Phi) is 3.88. The van der Waals surface area contributed by atoms with Gasteiger partial charge in [0, 0.05) is 17.1 Å². The van der Waals surface area contributed by atoms with Crippen LogP contribution >= 0.6 is 0 Å². The maximum atomic E-state index is 12.8. The summed E-state index contributed by atoms with van der Waals surface area (Å²) < 4.78 is 38.3. The fourth-order valence-corrected chi connectivity index (χ4v) is 1.87. The van der Waals surface area contributed by atoms with E-state index in [2.05, 4.69) is 5.32 Å². The first-order valence-electron chi connectivity index (χ1n) is 6.23. The molecule has 0 heterocycles. The highest BCUT2D eigenvalue weighted by atomic mass is 19.4. The molecule has 2 nitrogen and oxygen atoms in total. The van der Waals surface area contributed by atoms with Gasteiger partial charge in [0.15, 0.2) is 0 Å². The van der Waals surface area contributed by atoms with Gasteiger partial charge < -0.3 is 11.1 Å². The number of alkyl halides is 3. The van der Waals surface area contributed by atoms with Gasteiger partial charge in [-0.1, -0.05) is 19.1 Å². The number of halogens is 3. The molecule has 0 fully saturated rings. The Labute approximate surface area is 115 Å². The molecule has 0 atom stereocenters. The lowest BCUT2D eigenvalue weighted by Crippen LogP contribution is -2.09. The molecule has 0 amide bonds. The van der Waals surface area contributed by atoms with Gasteiger partial charge in [0.05, 0.1) is 5.56 Å². The third kappa shape index (κ3) is 3.23. The Morgan fingerprint density at radius 3 is 2.15 bits per heavy atom. The maximum absolute atomic E-state index is 12.8. The summed E-state index contributed by atoms with van der Waals surface area (Å²) in [5, 5.41) is 2.94. The summed E-state index contributed by atoms with van der Waals surface area (Å²) in [6, 6.07) is 11.3. The molecule has 20 heavy (non-hydrogen) atoms. The average molecular weight is 280 g/mol. The number of hydrogen-bond donors (Lipinski definition) is 2. The molecule has 0 saturated heterocycles. The van der Waals surface area contributed by atoms with Crippen LogP contribution in [0.25, 0.3) is 0 Å². The van der Waals surface area contributed by atoms with E-state index in [0.717, 1.165) is 18.2 Å². The van der Waals surface area contributed by atoms with Gasteiger partial charge in [0.2, 0.25) is 0 Å². The average Bonchev–Trinajstić information content (AvgIpc) is 2.40. The molecule has 2 rings (SSSR count). The van der Waals surface area contributed by atoms with Crippen molar-refractivity contribution in [3.63, 3.8) is 0 Å². The molecule has 106 valence electrons. The zero-order valence-electron chi connectivity index (χ0n) is 11.0. The molecule has 0 spiro atoms. The second-order valence-corrected chi connectivity index (χ2v) is 4.48. The quantitative estimate of drug-likeness (QED) is 0.807. The van der Waals surface area contributed by atoms with Gasteiger partial charge in [-0.25, -0.2) is 0 Å². The number of nitrogen functional groups attached to an aromatic ring is 1. The molecular weight excluding hydrogens is 265 g/mol. The molecule has 0 bridgehead atoms. The molecule has 0 unspecified atom stereocenters.